The summed E-state index contributed by atoms with van der Waals surface area (Å²) in [7, 11) is 0. The van der Waals surface area contributed by atoms with Gasteiger partial charge in [0.2, 0.25) is 12.7 Å². The van der Waals surface area contributed by atoms with Crippen molar-refractivity contribution in [1.82, 2.24) is 5.32 Å². The molecule has 2 heterocycles. The van der Waals surface area contributed by atoms with Gasteiger partial charge in [-0.25, -0.2) is 0 Å². The van der Waals surface area contributed by atoms with Crippen LogP contribution < -0.4 is 19.7 Å². The number of carbonyl (C=O) groups is 1. The Morgan fingerprint density at radius 2 is 2.16 bits per heavy atom. The van der Waals surface area contributed by atoms with Gasteiger partial charge >= 0.3 is 0 Å². The van der Waals surface area contributed by atoms with E-state index in [1.807, 2.05) is 30.0 Å². The van der Waals surface area contributed by atoms with E-state index in [9.17, 15) is 4.79 Å². The van der Waals surface area contributed by atoms with Gasteiger partial charge in [-0.1, -0.05) is 6.92 Å². The first-order chi connectivity index (χ1) is 9.25. The van der Waals surface area contributed by atoms with E-state index in [4.69, 9.17) is 9.47 Å². The van der Waals surface area contributed by atoms with E-state index in [2.05, 4.69) is 5.32 Å². The molecule has 1 saturated heterocycles. The first-order valence-corrected chi connectivity index (χ1v) is 6.67. The first-order valence-electron chi connectivity index (χ1n) is 6.67. The van der Waals surface area contributed by atoms with Crippen molar-refractivity contribution < 1.29 is 14.3 Å². The minimum Gasteiger partial charge on any atom is -0.454 e. The molecule has 2 aliphatic rings. The van der Waals surface area contributed by atoms with E-state index < -0.39 is 0 Å². The van der Waals surface area contributed by atoms with Crippen LogP contribution in [0.3, 0.4) is 0 Å². The molecule has 0 aliphatic carbocycles. The average molecular weight is 262 g/mol. The quantitative estimate of drug-likeness (QED) is 0.830. The van der Waals surface area contributed by atoms with E-state index in [0.717, 1.165) is 43.2 Å². The third-order valence-corrected chi connectivity index (χ3v) is 3.54. The van der Waals surface area contributed by atoms with Crippen LogP contribution in [0.4, 0.5) is 5.69 Å². The zero-order valence-electron chi connectivity index (χ0n) is 11.0. The number of benzene rings is 1. The summed E-state index contributed by atoms with van der Waals surface area (Å²) in [6.45, 7) is 4.63. The highest BCUT2D eigenvalue weighted by molar-refractivity contribution is 5.95. The molecule has 1 aromatic carbocycles. The zero-order valence-corrected chi connectivity index (χ0v) is 11.0. The van der Waals surface area contributed by atoms with Crippen LogP contribution in [0, 0.1) is 5.92 Å². The summed E-state index contributed by atoms with van der Waals surface area (Å²) in [5, 5.41) is 3.29. The Morgan fingerprint density at radius 1 is 1.32 bits per heavy atom. The minimum atomic E-state index is -0.00859. The maximum atomic E-state index is 12.4. The summed E-state index contributed by atoms with van der Waals surface area (Å²) in [5.41, 5.74) is 0.892. The molecule has 2 aliphatic heterocycles. The van der Waals surface area contributed by atoms with Crippen LogP contribution in [0.2, 0.25) is 0 Å². The topological polar surface area (TPSA) is 50.8 Å². The fourth-order valence-electron chi connectivity index (χ4n) is 2.45. The Morgan fingerprint density at radius 3 is 3.05 bits per heavy atom. The third-order valence-electron chi connectivity index (χ3n) is 3.54. The van der Waals surface area contributed by atoms with Crippen molar-refractivity contribution >= 4 is 11.6 Å². The Labute approximate surface area is 112 Å². The van der Waals surface area contributed by atoms with E-state index >= 15 is 0 Å². The maximum absolute atomic E-state index is 12.4. The highest BCUT2D eigenvalue weighted by Crippen LogP contribution is 2.35. The lowest BCUT2D eigenvalue weighted by Gasteiger charge is -2.28. The summed E-state index contributed by atoms with van der Waals surface area (Å²) in [4.78, 5) is 14.3. The fraction of sp³-hybridized carbons (Fsp3) is 0.500. The highest BCUT2D eigenvalue weighted by Gasteiger charge is 2.25. The van der Waals surface area contributed by atoms with Gasteiger partial charge in [0.15, 0.2) is 11.5 Å². The Hall–Kier alpha value is -1.75. The molecular formula is C14H18N2O3. The standard InChI is InChI=1S/C14H18N2O3/c1-10-8-15-5-2-6-16(14(10)17)11-3-4-12-13(7-11)19-9-18-12/h3-4,7,10,15H,2,5-6,8-9H2,1H3. The number of nitrogens with zero attached hydrogens (tertiary/aromatic N) is 1. The van der Waals surface area contributed by atoms with Crippen molar-refractivity contribution in [2.45, 2.75) is 13.3 Å². The molecule has 0 radical (unpaired) electrons. The summed E-state index contributed by atoms with van der Waals surface area (Å²) in [6, 6.07) is 5.68. The molecule has 1 atom stereocenters. The Balaban J connectivity index is 1.87. The summed E-state index contributed by atoms with van der Waals surface area (Å²) in [5.74, 6) is 1.62. The van der Waals surface area contributed by atoms with Crippen LogP contribution in [0.25, 0.3) is 0 Å². The summed E-state index contributed by atoms with van der Waals surface area (Å²) < 4.78 is 10.7. The molecule has 5 heteroatoms. The van der Waals surface area contributed by atoms with Gasteiger partial charge < -0.3 is 19.7 Å². The van der Waals surface area contributed by atoms with Crippen molar-refractivity contribution in [3.05, 3.63) is 18.2 Å². The maximum Gasteiger partial charge on any atom is 0.231 e. The van der Waals surface area contributed by atoms with Gasteiger partial charge in [0.25, 0.3) is 0 Å². The molecular weight excluding hydrogens is 244 g/mol. The van der Waals surface area contributed by atoms with Gasteiger partial charge in [-0.15, -0.1) is 0 Å². The molecule has 19 heavy (non-hydrogen) atoms. The van der Waals surface area contributed by atoms with Gasteiger partial charge in [-0.2, -0.15) is 0 Å². The zero-order chi connectivity index (χ0) is 13.2. The predicted octanol–water partition coefficient (Wildman–Crippen LogP) is 1.38. The van der Waals surface area contributed by atoms with E-state index in [1.54, 1.807) is 0 Å². The number of rotatable bonds is 1. The number of amides is 1. The van der Waals surface area contributed by atoms with Gasteiger partial charge in [0, 0.05) is 30.8 Å². The van der Waals surface area contributed by atoms with Crippen LogP contribution in [0.15, 0.2) is 18.2 Å². The molecule has 1 unspecified atom stereocenters. The molecule has 5 nitrogen and oxygen atoms in total. The summed E-state index contributed by atoms with van der Waals surface area (Å²) >= 11 is 0. The normalized spacial score (nSPS) is 23.1. The molecule has 0 spiro atoms. The highest BCUT2D eigenvalue weighted by atomic mass is 16.7. The van der Waals surface area contributed by atoms with Gasteiger partial charge in [-0.05, 0) is 25.1 Å². The molecule has 1 amide bonds. The Kier molecular flexibility index (Phi) is 3.29. The van der Waals surface area contributed by atoms with Crippen molar-refractivity contribution in [2.75, 3.05) is 31.3 Å². The minimum absolute atomic E-state index is 0.00859. The molecule has 0 aromatic heterocycles. The number of ether oxygens (including phenoxy) is 2. The number of fused-ring (bicyclic) bond motifs is 1. The van der Waals surface area contributed by atoms with Crippen LogP contribution >= 0.6 is 0 Å². The van der Waals surface area contributed by atoms with E-state index in [0.29, 0.717) is 0 Å². The molecule has 1 N–H and O–H groups in total. The SMILES string of the molecule is CC1CNCCCN(c2ccc3c(c2)OCO3)C1=O. The number of carbonyl (C=O) groups excluding carboxylic acids is 1. The summed E-state index contributed by atoms with van der Waals surface area (Å²) in [6.07, 6.45) is 0.951. The number of hydrogen-bond acceptors (Lipinski definition) is 4. The monoisotopic (exact) mass is 262 g/mol. The smallest absolute Gasteiger partial charge is 0.231 e. The van der Waals surface area contributed by atoms with Crippen molar-refractivity contribution in [2.24, 2.45) is 5.92 Å². The van der Waals surface area contributed by atoms with Gasteiger partial charge in [0.05, 0.1) is 0 Å². The molecule has 0 bridgehead atoms. The number of nitrogens with one attached hydrogen (secondary N) is 1. The second-order valence-electron chi connectivity index (χ2n) is 4.99. The van der Waals surface area contributed by atoms with Crippen molar-refractivity contribution in [3.63, 3.8) is 0 Å². The number of anilines is 1. The van der Waals surface area contributed by atoms with Crippen molar-refractivity contribution in [1.29, 1.82) is 0 Å². The Bertz CT molecular complexity index is 490. The first kappa shape index (κ1) is 12.3. The van der Waals surface area contributed by atoms with Crippen LogP contribution in [-0.2, 0) is 4.79 Å². The van der Waals surface area contributed by atoms with Crippen LogP contribution in [0.5, 0.6) is 11.5 Å². The van der Waals surface area contributed by atoms with Crippen molar-refractivity contribution in [3.8, 4) is 11.5 Å². The molecule has 0 saturated carbocycles. The molecule has 102 valence electrons. The molecule has 3 rings (SSSR count). The predicted molar refractivity (Wildman–Crippen MR) is 71.6 cm³/mol. The number of hydrogen-bond donors (Lipinski definition) is 1. The fourth-order valence-corrected chi connectivity index (χ4v) is 2.45. The molecule has 1 fully saturated rings. The lowest BCUT2D eigenvalue weighted by molar-refractivity contribution is -0.122. The molecule has 1 aromatic rings. The lowest BCUT2D eigenvalue weighted by atomic mass is 10.1. The van der Waals surface area contributed by atoms with Crippen LogP contribution in [0.1, 0.15) is 13.3 Å². The van der Waals surface area contributed by atoms with E-state index in [-0.39, 0.29) is 18.6 Å². The lowest BCUT2D eigenvalue weighted by Crippen LogP contribution is -2.43. The van der Waals surface area contributed by atoms with E-state index in [1.165, 1.54) is 0 Å². The van der Waals surface area contributed by atoms with Crippen LogP contribution in [-0.4, -0.2) is 32.3 Å². The third kappa shape index (κ3) is 2.38. The second-order valence-corrected chi connectivity index (χ2v) is 4.99. The van der Waals surface area contributed by atoms with Gasteiger partial charge in [0.1, 0.15) is 0 Å². The second kappa shape index (κ2) is 5.09. The largest absolute Gasteiger partial charge is 0.454 e. The average Bonchev–Trinajstić information content (AvgIpc) is 2.87. The van der Waals surface area contributed by atoms with Gasteiger partial charge in [-0.3, -0.25) is 4.79 Å².